The average Bonchev–Trinajstić information content (AvgIpc) is 3.06. The number of nitrogens with zero attached hydrogens (tertiary/aromatic N) is 5. The summed E-state index contributed by atoms with van der Waals surface area (Å²) >= 11 is 0. The zero-order chi connectivity index (χ0) is 17.9. The van der Waals surface area contributed by atoms with Crippen LogP contribution in [0.4, 0.5) is 0 Å². The lowest BCUT2D eigenvalue weighted by Crippen LogP contribution is -2.61. The van der Waals surface area contributed by atoms with Crippen molar-refractivity contribution in [3.63, 3.8) is 0 Å². The molecule has 0 spiro atoms. The lowest BCUT2D eigenvalue weighted by molar-refractivity contribution is -0.150. The molecule has 1 heterocycles. The molecule has 1 aromatic heterocycles. The molecule has 6 heteroatoms. The fourth-order valence-electron chi connectivity index (χ4n) is 3.67. The number of aromatic nitrogens is 4. The third-order valence-electron chi connectivity index (χ3n) is 5.40. The van der Waals surface area contributed by atoms with E-state index >= 15 is 0 Å². The summed E-state index contributed by atoms with van der Waals surface area (Å²) in [6.45, 7) is 8.39. The van der Waals surface area contributed by atoms with Gasteiger partial charge in [-0.3, -0.25) is 4.90 Å². The van der Waals surface area contributed by atoms with Gasteiger partial charge in [0, 0.05) is 18.1 Å². The van der Waals surface area contributed by atoms with Crippen molar-refractivity contribution >= 4 is 0 Å². The highest BCUT2D eigenvalue weighted by Crippen LogP contribution is 2.45. The molecule has 1 aromatic carbocycles. The van der Waals surface area contributed by atoms with E-state index in [1.54, 1.807) is 0 Å². The molecule has 1 aliphatic carbocycles. The largest absolute Gasteiger partial charge is 0.378 e. The number of hydrogen-bond donors (Lipinski definition) is 0. The number of hydrogen-bond acceptors (Lipinski definition) is 5. The summed E-state index contributed by atoms with van der Waals surface area (Å²) in [6.07, 6.45) is 3.73. The maximum atomic E-state index is 6.07. The van der Waals surface area contributed by atoms with Gasteiger partial charge in [-0.1, -0.05) is 45.4 Å². The van der Waals surface area contributed by atoms with Gasteiger partial charge in [0.1, 0.15) is 0 Å². The van der Waals surface area contributed by atoms with E-state index in [0.717, 1.165) is 37.5 Å². The molecule has 25 heavy (non-hydrogen) atoms. The zero-order valence-corrected chi connectivity index (χ0v) is 15.7. The van der Waals surface area contributed by atoms with E-state index in [4.69, 9.17) is 4.74 Å². The van der Waals surface area contributed by atoms with Crippen molar-refractivity contribution in [3.8, 4) is 5.69 Å². The Morgan fingerprint density at radius 1 is 1.28 bits per heavy atom. The summed E-state index contributed by atoms with van der Waals surface area (Å²) in [5.41, 5.74) is 1.14. The Balaban J connectivity index is 1.63. The molecule has 1 saturated carbocycles. The van der Waals surface area contributed by atoms with Gasteiger partial charge >= 0.3 is 0 Å². The number of benzene rings is 1. The van der Waals surface area contributed by atoms with Crippen molar-refractivity contribution in [1.29, 1.82) is 0 Å². The maximum Gasteiger partial charge on any atom is 0.170 e. The molecule has 3 rings (SSSR count). The van der Waals surface area contributed by atoms with Crippen LogP contribution in [0, 0.1) is 5.41 Å². The van der Waals surface area contributed by atoms with Crippen molar-refractivity contribution in [2.24, 2.45) is 5.41 Å². The predicted molar refractivity (Wildman–Crippen MR) is 97.5 cm³/mol. The topological polar surface area (TPSA) is 56.1 Å². The van der Waals surface area contributed by atoms with Crippen LogP contribution in [0.15, 0.2) is 30.3 Å². The van der Waals surface area contributed by atoms with E-state index in [1.807, 2.05) is 35.0 Å². The predicted octanol–water partition coefficient (Wildman–Crippen LogP) is 3.08. The number of ether oxygens (including phenoxy) is 1. The molecule has 2 atom stereocenters. The molecule has 0 aliphatic heterocycles. The van der Waals surface area contributed by atoms with E-state index in [1.165, 1.54) is 6.42 Å². The van der Waals surface area contributed by atoms with Crippen LogP contribution in [0.2, 0.25) is 0 Å². The second kappa shape index (κ2) is 7.62. The zero-order valence-electron chi connectivity index (χ0n) is 15.7. The Labute approximate surface area is 150 Å². The second-order valence-corrected chi connectivity index (χ2v) is 7.54. The lowest BCUT2D eigenvalue weighted by atomic mass is 9.64. The molecular weight excluding hydrogens is 314 g/mol. The van der Waals surface area contributed by atoms with E-state index in [2.05, 4.69) is 48.2 Å². The Morgan fingerprint density at radius 3 is 2.72 bits per heavy atom. The maximum absolute atomic E-state index is 6.07. The first-order valence-corrected chi connectivity index (χ1v) is 9.18. The van der Waals surface area contributed by atoms with Crippen molar-refractivity contribution in [2.45, 2.75) is 58.7 Å². The van der Waals surface area contributed by atoms with Crippen molar-refractivity contribution in [2.75, 3.05) is 13.7 Å². The Kier molecular flexibility index (Phi) is 5.49. The molecule has 0 amide bonds. The molecule has 0 bridgehead atoms. The Hall–Kier alpha value is -1.79. The van der Waals surface area contributed by atoms with Gasteiger partial charge in [0.2, 0.25) is 0 Å². The van der Waals surface area contributed by atoms with Crippen LogP contribution in [0.3, 0.4) is 0 Å². The third-order valence-corrected chi connectivity index (χ3v) is 5.40. The molecule has 136 valence electrons. The van der Waals surface area contributed by atoms with Gasteiger partial charge in [0.15, 0.2) is 5.82 Å². The molecule has 0 saturated heterocycles. The Morgan fingerprint density at radius 2 is 2.04 bits per heavy atom. The van der Waals surface area contributed by atoms with Gasteiger partial charge < -0.3 is 4.74 Å². The van der Waals surface area contributed by atoms with Gasteiger partial charge in [0.05, 0.1) is 18.3 Å². The first-order valence-electron chi connectivity index (χ1n) is 9.18. The van der Waals surface area contributed by atoms with E-state index in [0.29, 0.717) is 12.1 Å². The first-order chi connectivity index (χ1) is 12.0. The fraction of sp³-hybridized carbons (Fsp3) is 0.632. The lowest BCUT2D eigenvalue weighted by Gasteiger charge is -2.55. The van der Waals surface area contributed by atoms with E-state index in [9.17, 15) is 0 Å². The van der Waals surface area contributed by atoms with E-state index < -0.39 is 0 Å². The highest BCUT2D eigenvalue weighted by atomic mass is 16.5. The van der Waals surface area contributed by atoms with E-state index in [-0.39, 0.29) is 5.41 Å². The minimum Gasteiger partial charge on any atom is -0.378 e. The minimum atomic E-state index is 0.146. The quantitative estimate of drug-likeness (QED) is 0.690. The fourth-order valence-corrected chi connectivity index (χ4v) is 3.67. The number of para-hydroxylation sites is 1. The highest BCUT2D eigenvalue weighted by molar-refractivity contribution is 5.30. The standard InChI is InChI=1S/C19H29N5O/c1-5-6-12-25-17-13-16(19(17,2)3)23(4)14-18-20-21-22-24(18)15-10-8-7-9-11-15/h7-11,16-17H,5-6,12-14H2,1-4H3/t16-,17-/m1/s1. The molecule has 2 aromatic rings. The van der Waals surface area contributed by atoms with Crippen LogP contribution in [0.1, 0.15) is 45.9 Å². The van der Waals surface area contributed by atoms with Crippen LogP contribution in [-0.2, 0) is 11.3 Å². The molecule has 1 fully saturated rings. The molecule has 1 aliphatic rings. The number of tetrazole rings is 1. The summed E-state index contributed by atoms with van der Waals surface area (Å²) in [5.74, 6) is 0.861. The summed E-state index contributed by atoms with van der Waals surface area (Å²) in [5, 5.41) is 12.2. The monoisotopic (exact) mass is 343 g/mol. The second-order valence-electron chi connectivity index (χ2n) is 7.54. The first kappa shape index (κ1) is 18.0. The van der Waals surface area contributed by atoms with Crippen molar-refractivity contribution in [3.05, 3.63) is 36.2 Å². The summed E-state index contributed by atoms with van der Waals surface area (Å²) in [4.78, 5) is 2.35. The van der Waals surface area contributed by atoms with Gasteiger partial charge in [-0.15, -0.1) is 5.10 Å². The van der Waals surface area contributed by atoms with Crippen LogP contribution in [0.25, 0.3) is 5.69 Å². The molecular formula is C19H29N5O. The van der Waals surface area contributed by atoms with Crippen LogP contribution in [0.5, 0.6) is 0 Å². The molecule has 0 unspecified atom stereocenters. The van der Waals surface area contributed by atoms with Gasteiger partial charge in [-0.25, -0.2) is 0 Å². The van der Waals surface area contributed by atoms with Crippen LogP contribution >= 0.6 is 0 Å². The third kappa shape index (κ3) is 3.75. The molecule has 6 nitrogen and oxygen atoms in total. The normalized spacial score (nSPS) is 22.1. The number of unbranched alkanes of at least 4 members (excludes halogenated alkanes) is 1. The van der Waals surface area contributed by atoms with Gasteiger partial charge in [0.25, 0.3) is 0 Å². The van der Waals surface area contributed by atoms with Gasteiger partial charge in [-0.2, -0.15) is 4.68 Å². The van der Waals surface area contributed by atoms with Crippen molar-refractivity contribution in [1.82, 2.24) is 25.1 Å². The highest BCUT2D eigenvalue weighted by Gasteiger charge is 2.50. The molecule has 0 N–H and O–H groups in total. The van der Waals surface area contributed by atoms with Crippen molar-refractivity contribution < 1.29 is 4.74 Å². The number of rotatable bonds is 8. The summed E-state index contributed by atoms with van der Waals surface area (Å²) < 4.78 is 7.89. The molecule has 0 radical (unpaired) electrons. The van der Waals surface area contributed by atoms with Gasteiger partial charge in [-0.05, 0) is 42.4 Å². The SMILES string of the molecule is CCCCO[C@@H]1C[C@@H](N(C)Cc2nnnn2-c2ccccc2)C1(C)C. The minimum absolute atomic E-state index is 0.146. The van der Waals surface area contributed by atoms with Crippen LogP contribution < -0.4 is 0 Å². The average molecular weight is 343 g/mol. The summed E-state index contributed by atoms with van der Waals surface area (Å²) in [6, 6.07) is 10.5. The summed E-state index contributed by atoms with van der Waals surface area (Å²) in [7, 11) is 2.15. The van der Waals surface area contributed by atoms with Crippen LogP contribution in [-0.4, -0.2) is 50.9 Å². The Bertz CT molecular complexity index is 669. The smallest absolute Gasteiger partial charge is 0.170 e.